The lowest BCUT2D eigenvalue weighted by Crippen LogP contribution is -2.50. The molecule has 1 aliphatic rings. The molecule has 3 rings (SSSR count). The number of carbonyl (C=O) groups is 2. The van der Waals surface area contributed by atoms with Gasteiger partial charge in [0.05, 0.1) is 23.8 Å². The van der Waals surface area contributed by atoms with Crippen LogP contribution in [0, 0.1) is 0 Å². The molecule has 0 spiro atoms. The maximum atomic E-state index is 13.5. The van der Waals surface area contributed by atoms with Gasteiger partial charge in [-0.05, 0) is 52.7 Å². The van der Waals surface area contributed by atoms with Crippen molar-refractivity contribution in [2.24, 2.45) is 0 Å². The number of rotatable bonds is 6. The predicted molar refractivity (Wildman–Crippen MR) is 121 cm³/mol. The van der Waals surface area contributed by atoms with Gasteiger partial charge in [0.2, 0.25) is 0 Å². The molecule has 1 unspecified atom stereocenters. The topological polar surface area (TPSA) is 85.7 Å². The van der Waals surface area contributed by atoms with E-state index < -0.39 is 41.2 Å². The Kier molecular flexibility index (Phi) is 7.37. The zero-order chi connectivity index (χ0) is 26.0. The zero-order valence-electron chi connectivity index (χ0n) is 20.5. The molecule has 1 aromatic heterocycles. The van der Waals surface area contributed by atoms with E-state index >= 15 is 0 Å². The Labute approximate surface area is 202 Å². The summed E-state index contributed by atoms with van der Waals surface area (Å²) in [5.74, 6) is 0. The van der Waals surface area contributed by atoms with Gasteiger partial charge < -0.3 is 14.8 Å². The minimum Gasteiger partial charge on any atom is -0.445 e. The maximum absolute atomic E-state index is 13.5. The highest BCUT2D eigenvalue weighted by molar-refractivity contribution is 5.69. The standard InChI is InChI=1S/C24H31F3N4O4/c1-22(2,3)35-20(32)28-23(4,5)15-31-18(13-19(29-31)24(25,26)27)17-11-12-30(17)21(33)34-14-16-9-7-6-8-10-16/h6-10,13,17H,11-12,14-15H2,1-5H3,(H,28,32). The van der Waals surface area contributed by atoms with Crippen molar-refractivity contribution in [1.29, 1.82) is 0 Å². The number of likely N-dealkylation sites (tertiary alicyclic amines) is 1. The molecule has 192 valence electrons. The van der Waals surface area contributed by atoms with Crippen molar-refractivity contribution in [3.05, 3.63) is 53.3 Å². The second kappa shape index (κ2) is 9.79. The van der Waals surface area contributed by atoms with Crippen LogP contribution in [-0.2, 0) is 28.8 Å². The molecule has 1 aliphatic heterocycles. The van der Waals surface area contributed by atoms with E-state index in [1.807, 2.05) is 30.3 Å². The maximum Gasteiger partial charge on any atom is 0.435 e. The van der Waals surface area contributed by atoms with E-state index in [2.05, 4.69) is 10.4 Å². The number of alkyl carbamates (subject to hydrolysis) is 1. The van der Waals surface area contributed by atoms with Crippen molar-refractivity contribution in [2.75, 3.05) is 6.54 Å². The summed E-state index contributed by atoms with van der Waals surface area (Å²) in [6.07, 6.45) is -5.51. The summed E-state index contributed by atoms with van der Waals surface area (Å²) in [7, 11) is 0. The van der Waals surface area contributed by atoms with Crippen molar-refractivity contribution in [2.45, 2.75) is 77.5 Å². The Morgan fingerprint density at radius 2 is 1.77 bits per heavy atom. The fourth-order valence-corrected chi connectivity index (χ4v) is 3.67. The van der Waals surface area contributed by atoms with E-state index in [0.717, 1.165) is 11.6 Å². The first-order valence-electron chi connectivity index (χ1n) is 11.3. The number of benzene rings is 1. The first-order chi connectivity index (χ1) is 16.1. The Bertz CT molecular complexity index is 1050. The second-order valence-corrected chi connectivity index (χ2v) is 10.2. The van der Waals surface area contributed by atoms with Gasteiger partial charge in [0, 0.05) is 6.54 Å². The summed E-state index contributed by atoms with van der Waals surface area (Å²) in [6, 6.07) is 9.43. The van der Waals surface area contributed by atoms with Crippen LogP contribution in [0.15, 0.2) is 36.4 Å². The van der Waals surface area contributed by atoms with Crippen LogP contribution in [0.25, 0.3) is 0 Å². The molecule has 1 saturated heterocycles. The smallest absolute Gasteiger partial charge is 0.435 e. The monoisotopic (exact) mass is 496 g/mol. The second-order valence-electron chi connectivity index (χ2n) is 10.2. The van der Waals surface area contributed by atoms with E-state index in [1.165, 1.54) is 9.58 Å². The van der Waals surface area contributed by atoms with Gasteiger partial charge in [0.25, 0.3) is 0 Å². The number of nitrogens with zero attached hydrogens (tertiary/aromatic N) is 3. The molecule has 1 atom stereocenters. The van der Waals surface area contributed by atoms with Gasteiger partial charge in [-0.1, -0.05) is 30.3 Å². The Morgan fingerprint density at radius 3 is 2.31 bits per heavy atom. The van der Waals surface area contributed by atoms with Crippen molar-refractivity contribution in [3.8, 4) is 0 Å². The van der Waals surface area contributed by atoms with Crippen molar-refractivity contribution in [3.63, 3.8) is 0 Å². The molecule has 8 nitrogen and oxygen atoms in total. The van der Waals surface area contributed by atoms with Gasteiger partial charge in [-0.25, -0.2) is 9.59 Å². The molecule has 11 heteroatoms. The third kappa shape index (κ3) is 7.12. The van der Waals surface area contributed by atoms with Crippen LogP contribution in [0.5, 0.6) is 0 Å². The lowest BCUT2D eigenvalue weighted by atomic mass is 9.99. The Hall–Kier alpha value is -3.24. The zero-order valence-corrected chi connectivity index (χ0v) is 20.5. The molecule has 0 radical (unpaired) electrons. The third-order valence-corrected chi connectivity index (χ3v) is 5.29. The first kappa shape index (κ1) is 26.4. The van der Waals surface area contributed by atoms with Crippen LogP contribution in [0.3, 0.4) is 0 Å². The highest BCUT2D eigenvalue weighted by Crippen LogP contribution is 2.38. The summed E-state index contributed by atoms with van der Waals surface area (Å²) in [5, 5.41) is 6.44. The largest absolute Gasteiger partial charge is 0.445 e. The highest BCUT2D eigenvalue weighted by Gasteiger charge is 2.42. The quantitative estimate of drug-likeness (QED) is 0.588. The van der Waals surface area contributed by atoms with Crippen molar-refractivity contribution < 1.29 is 32.2 Å². The van der Waals surface area contributed by atoms with Gasteiger partial charge in [-0.3, -0.25) is 9.58 Å². The molecular weight excluding hydrogens is 465 g/mol. The Morgan fingerprint density at radius 1 is 1.11 bits per heavy atom. The molecular formula is C24H31F3N4O4. The van der Waals surface area contributed by atoms with Crippen LogP contribution in [0.4, 0.5) is 22.8 Å². The third-order valence-electron chi connectivity index (χ3n) is 5.29. The predicted octanol–water partition coefficient (Wildman–Crippen LogP) is 5.29. The summed E-state index contributed by atoms with van der Waals surface area (Å²) in [4.78, 5) is 26.3. The van der Waals surface area contributed by atoms with Gasteiger partial charge in [0.15, 0.2) is 5.69 Å². The Balaban J connectivity index is 1.77. The molecule has 0 saturated carbocycles. The van der Waals surface area contributed by atoms with Crippen LogP contribution in [0.1, 0.15) is 64.0 Å². The number of alkyl halides is 3. The number of hydrogen-bond donors (Lipinski definition) is 1. The molecule has 0 bridgehead atoms. The van der Waals surface area contributed by atoms with Crippen LogP contribution in [0.2, 0.25) is 0 Å². The van der Waals surface area contributed by atoms with Crippen LogP contribution < -0.4 is 5.32 Å². The van der Waals surface area contributed by atoms with Gasteiger partial charge in [-0.15, -0.1) is 0 Å². The lowest BCUT2D eigenvalue weighted by molar-refractivity contribution is -0.141. The molecule has 2 amide bonds. The average molecular weight is 497 g/mol. The number of nitrogens with one attached hydrogen (secondary N) is 1. The molecule has 2 heterocycles. The van der Waals surface area contributed by atoms with E-state index in [-0.39, 0.29) is 18.8 Å². The minimum absolute atomic E-state index is 0.0583. The normalized spacial score (nSPS) is 16.5. The number of carbonyl (C=O) groups excluding carboxylic acids is 2. The molecule has 1 N–H and O–H groups in total. The first-order valence-corrected chi connectivity index (χ1v) is 11.3. The number of amides is 2. The summed E-state index contributed by atoms with van der Waals surface area (Å²) in [6.45, 7) is 8.79. The summed E-state index contributed by atoms with van der Waals surface area (Å²) in [5.41, 5.74) is -1.76. The van der Waals surface area contributed by atoms with Crippen LogP contribution >= 0.6 is 0 Å². The van der Waals surface area contributed by atoms with Crippen LogP contribution in [-0.4, -0.2) is 44.6 Å². The summed E-state index contributed by atoms with van der Waals surface area (Å²) >= 11 is 0. The number of ether oxygens (including phenoxy) is 2. The van der Waals surface area contributed by atoms with Gasteiger partial charge in [-0.2, -0.15) is 18.3 Å². The highest BCUT2D eigenvalue weighted by atomic mass is 19.4. The van der Waals surface area contributed by atoms with E-state index in [9.17, 15) is 22.8 Å². The molecule has 1 aromatic carbocycles. The van der Waals surface area contributed by atoms with Gasteiger partial charge >= 0.3 is 18.4 Å². The van der Waals surface area contributed by atoms with Crippen molar-refractivity contribution in [1.82, 2.24) is 20.0 Å². The SMILES string of the molecule is CC(C)(Cn1nc(C(F)(F)F)cc1C1CCN1C(=O)OCc1ccccc1)NC(=O)OC(C)(C)C. The molecule has 1 fully saturated rings. The lowest BCUT2D eigenvalue weighted by Gasteiger charge is -2.40. The average Bonchev–Trinajstić information content (AvgIpc) is 3.07. The number of halogens is 3. The van der Waals surface area contributed by atoms with E-state index in [0.29, 0.717) is 13.0 Å². The van der Waals surface area contributed by atoms with E-state index in [4.69, 9.17) is 9.47 Å². The molecule has 0 aliphatic carbocycles. The minimum atomic E-state index is -4.66. The van der Waals surface area contributed by atoms with Gasteiger partial charge in [0.1, 0.15) is 12.2 Å². The fourth-order valence-electron chi connectivity index (χ4n) is 3.67. The molecule has 35 heavy (non-hydrogen) atoms. The van der Waals surface area contributed by atoms with Crippen molar-refractivity contribution >= 4 is 12.2 Å². The fraction of sp³-hybridized carbons (Fsp3) is 0.542. The van der Waals surface area contributed by atoms with E-state index in [1.54, 1.807) is 34.6 Å². The number of hydrogen-bond acceptors (Lipinski definition) is 5. The summed E-state index contributed by atoms with van der Waals surface area (Å²) < 4.78 is 52.3. The molecule has 2 aromatic rings. The number of aromatic nitrogens is 2.